The minimum Gasteiger partial charge on any atom is -0.387 e. The van der Waals surface area contributed by atoms with Crippen LogP contribution in [0.3, 0.4) is 0 Å². The summed E-state index contributed by atoms with van der Waals surface area (Å²) in [5, 5.41) is 10.8. The zero-order valence-electron chi connectivity index (χ0n) is 23.6. The second-order valence-electron chi connectivity index (χ2n) is 11.0. The Hall–Kier alpha value is -4.22. The average molecular weight is 590 g/mol. The molecule has 1 saturated carbocycles. The summed E-state index contributed by atoms with van der Waals surface area (Å²) in [7, 11) is -2.64. The molecule has 1 aliphatic carbocycles. The minimum atomic E-state index is -4.23. The fraction of sp³-hybridized carbons (Fsp3) is 0.323. The number of nitrogens with zero attached hydrogens (tertiary/aromatic N) is 1. The largest absolute Gasteiger partial charge is 0.387 e. The Morgan fingerprint density at radius 3 is 2.43 bits per heavy atom. The van der Waals surface area contributed by atoms with Gasteiger partial charge in [0, 0.05) is 39.5 Å². The molecule has 220 valence electrons. The molecule has 0 unspecified atom stereocenters. The van der Waals surface area contributed by atoms with Crippen molar-refractivity contribution in [3.63, 3.8) is 0 Å². The SMILES string of the molecule is C=C[C@@H]1C[C@]1(NC(=O)[C@@H]1CN(Cc2ccc3ccccc3c2)C[C@@H]1NC(C)=O)C(=O)NS(=O)(=O)c1ccccc1NC. The number of amides is 3. The van der Waals surface area contributed by atoms with E-state index in [4.69, 9.17) is 0 Å². The predicted molar refractivity (Wildman–Crippen MR) is 161 cm³/mol. The Morgan fingerprint density at radius 2 is 1.74 bits per heavy atom. The highest BCUT2D eigenvalue weighted by molar-refractivity contribution is 7.90. The zero-order valence-corrected chi connectivity index (χ0v) is 24.4. The number of carbonyl (C=O) groups is 3. The van der Waals surface area contributed by atoms with Gasteiger partial charge in [-0.1, -0.05) is 54.6 Å². The molecule has 2 aliphatic rings. The fourth-order valence-corrected chi connectivity index (χ4v) is 7.06. The van der Waals surface area contributed by atoms with E-state index in [1.165, 1.54) is 13.0 Å². The average Bonchev–Trinajstić information content (AvgIpc) is 3.55. The number of hydrogen-bond acceptors (Lipinski definition) is 7. The second kappa shape index (κ2) is 11.6. The molecular weight excluding hydrogens is 554 g/mol. The smallest absolute Gasteiger partial charge is 0.266 e. The van der Waals surface area contributed by atoms with Crippen LogP contribution in [0.5, 0.6) is 0 Å². The van der Waals surface area contributed by atoms with Gasteiger partial charge in [0.1, 0.15) is 10.4 Å². The lowest BCUT2D eigenvalue weighted by atomic mass is 10.0. The van der Waals surface area contributed by atoms with Crippen molar-refractivity contribution >= 4 is 44.2 Å². The number of rotatable bonds is 10. The first kappa shape index (κ1) is 29.3. The molecule has 3 amide bonds. The Morgan fingerprint density at radius 1 is 1.02 bits per heavy atom. The molecule has 0 spiro atoms. The molecular formula is C31H35N5O5S. The van der Waals surface area contributed by atoms with Crippen LogP contribution in [0, 0.1) is 11.8 Å². The summed E-state index contributed by atoms with van der Waals surface area (Å²) in [5.74, 6) is -2.60. The first-order chi connectivity index (χ1) is 20.1. The van der Waals surface area contributed by atoms with Crippen LogP contribution in [0.2, 0.25) is 0 Å². The van der Waals surface area contributed by atoms with Crippen molar-refractivity contribution in [1.82, 2.24) is 20.3 Å². The molecule has 1 saturated heterocycles. The van der Waals surface area contributed by atoms with Crippen LogP contribution in [-0.2, 0) is 31.0 Å². The number of carbonyl (C=O) groups excluding carboxylic acids is 3. The maximum absolute atomic E-state index is 13.7. The monoisotopic (exact) mass is 589 g/mol. The van der Waals surface area contributed by atoms with Gasteiger partial charge in [0.25, 0.3) is 15.9 Å². The van der Waals surface area contributed by atoms with E-state index in [9.17, 15) is 22.8 Å². The van der Waals surface area contributed by atoms with Crippen molar-refractivity contribution < 1.29 is 22.8 Å². The molecule has 42 heavy (non-hydrogen) atoms. The maximum atomic E-state index is 13.7. The van der Waals surface area contributed by atoms with Gasteiger partial charge in [-0.2, -0.15) is 0 Å². The summed E-state index contributed by atoms with van der Waals surface area (Å²) in [6.45, 7) is 6.55. The van der Waals surface area contributed by atoms with Gasteiger partial charge < -0.3 is 16.0 Å². The second-order valence-corrected chi connectivity index (χ2v) is 12.6. The Labute approximate surface area is 245 Å². The quantitative estimate of drug-likeness (QED) is 0.267. The molecule has 3 aromatic carbocycles. The van der Waals surface area contributed by atoms with Gasteiger partial charge in [-0.15, -0.1) is 6.58 Å². The van der Waals surface area contributed by atoms with E-state index in [1.54, 1.807) is 31.3 Å². The van der Waals surface area contributed by atoms with Crippen LogP contribution >= 0.6 is 0 Å². The highest BCUT2D eigenvalue weighted by atomic mass is 32.2. The van der Waals surface area contributed by atoms with Gasteiger partial charge in [-0.25, -0.2) is 13.1 Å². The zero-order chi connectivity index (χ0) is 30.1. The molecule has 3 aromatic rings. The van der Waals surface area contributed by atoms with E-state index in [2.05, 4.69) is 44.3 Å². The molecule has 5 rings (SSSR count). The number of anilines is 1. The standard InChI is InChI=1S/C31H35N5O5S/c1-4-24-16-31(24,30(39)35-42(40,41)28-12-8-7-11-26(28)32-3)34-29(38)25-18-36(19-27(25)33-20(2)37)17-21-13-14-22-9-5-6-10-23(22)15-21/h4-15,24-25,27,32H,1,16-19H2,2-3H3,(H,33,37)(H,34,38)(H,35,39)/t24-,25-,27+,31-/m1/s1. The van der Waals surface area contributed by atoms with E-state index >= 15 is 0 Å². The van der Waals surface area contributed by atoms with Gasteiger partial charge in [0.2, 0.25) is 11.8 Å². The Bertz CT molecular complexity index is 1660. The van der Waals surface area contributed by atoms with Crippen LogP contribution in [0.4, 0.5) is 5.69 Å². The van der Waals surface area contributed by atoms with Gasteiger partial charge in [-0.3, -0.25) is 19.3 Å². The third kappa shape index (κ3) is 5.88. The Balaban J connectivity index is 1.32. The van der Waals surface area contributed by atoms with Gasteiger partial charge in [0.05, 0.1) is 17.6 Å². The normalized spacial score (nSPS) is 23.6. The van der Waals surface area contributed by atoms with E-state index in [-0.39, 0.29) is 17.2 Å². The van der Waals surface area contributed by atoms with Gasteiger partial charge >= 0.3 is 0 Å². The van der Waals surface area contributed by atoms with Crippen molar-refractivity contribution in [2.45, 2.75) is 36.4 Å². The molecule has 0 radical (unpaired) electrons. The molecule has 4 N–H and O–H groups in total. The first-order valence-corrected chi connectivity index (χ1v) is 15.3. The summed E-state index contributed by atoms with van der Waals surface area (Å²) in [6, 6.07) is 20.0. The summed E-state index contributed by atoms with van der Waals surface area (Å²) in [5.41, 5.74) is -0.0387. The molecule has 0 bridgehead atoms. The number of para-hydroxylation sites is 1. The van der Waals surface area contributed by atoms with Crippen LogP contribution in [0.25, 0.3) is 10.8 Å². The van der Waals surface area contributed by atoms with E-state index < -0.39 is 45.3 Å². The van der Waals surface area contributed by atoms with Crippen molar-refractivity contribution in [3.05, 3.63) is 84.9 Å². The van der Waals surface area contributed by atoms with Crippen LogP contribution in [-0.4, -0.2) is 62.8 Å². The van der Waals surface area contributed by atoms with Crippen molar-refractivity contribution in [2.75, 3.05) is 25.5 Å². The molecule has 2 fully saturated rings. The van der Waals surface area contributed by atoms with Crippen LogP contribution < -0.4 is 20.7 Å². The van der Waals surface area contributed by atoms with E-state index in [1.807, 2.05) is 30.3 Å². The van der Waals surface area contributed by atoms with E-state index in [0.29, 0.717) is 25.3 Å². The number of likely N-dealkylation sites (tertiary alicyclic amines) is 1. The summed E-state index contributed by atoms with van der Waals surface area (Å²) < 4.78 is 28.4. The lowest BCUT2D eigenvalue weighted by Crippen LogP contribution is -2.55. The predicted octanol–water partition coefficient (Wildman–Crippen LogP) is 2.38. The maximum Gasteiger partial charge on any atom is 0.266 e. The van der Waals surface area contributed by atoms with Gasteiger partial charge in [0.15, 0.2) is 0 Å². The van der Waals surface area contributed by atoms with Crippen molar-refractivity contribution in [1.29, 1.82) is 0 Å². The first-order valence-electron chi connectivity index (χ1n) is 13.8. The topological polar surface area (TPSA) is 137 Å². The molecule has 4 atom stereocenters. The summed E-state index contributed by atoms with van der Waals surface area (Å²) >= 11 is 0. The molecule has 0 aromatic heterocycles. The lowest BCUT2D eigenvalue weighted by Gasteiger charge is -2.24. The van der Waals surface area contributed by atoms with Crippen molar-refractivity contribution in [2.24, 2.45) is 11.8 Å². The third-order valence-corrected chi connectivity index (χ3v) is 9.45. The number of sulfonamides is 1. The highest BCUT2D eigenvalue weighted by Crippen LogP contribution is 2.45. The molecule has 1 aliphatic heterocycles. The number of hydrogen-bond donors (Lipinski definition) is 4. The molecule has 11 heteroatoms. The van der Waals surface area contributed by atoms with E-state index in [0.717, 1.165) is 16.3 Å². The third-order valence-electron chi connectivity index (χ3n) is 8.06. The summed E-state index contributed by atoms with van der Waals surface area (Å²) in [4.78, 5) is 41.2. The van der Waals surface area contributed by atoms with Crippen LogP contribution in [0.15, 0.2) is 84.3 Å². The summed E-state index contributed by atoms with van der Waals surface area (Å²) in [6.07, 6.45) is 1.76. The molecule has 1 heterocycles. The van der Waals surface area contributed by atoms with Crippen molar-refractivity contribution in [3.8, 4) is 0 Å². The number of benzene rings is 3. The fourth-order valence-electron chi connectivity index (χ4n) is 5.80. The Kier molecular flexibility index (Phi) is 8.07. The highest BCUT2D eigenvalue weighted by Gasteiger charge is 2.61. The van der Waals surface area contributed by atoms with Gasteiger partial charge in [-0.05, 0) is 41.0 Å². The number of nitrogens with one attached hydrogen (secondary N) is 4. The van der Waals surface area contributed by atoms with Crippen LogP contribution in [0.1, 0.15) is 18.9 Å². The number of fused-ring (bicyclic) bond motifs is 1. The molecule has 10 nitrogen and oxygen atoms in total. The minimum absolute atomic E-state index is 0.0797. The lowest BCUT2D eigenvalue weighted by molar-refractivity contribution is -0.132.